The van der Waals surface area contributed by atoms with Gasteiger partial charge in [0.2, 0.25) is 0 Å². The van der Waals surface area contributed by atoms with Crippen molar-refractivity contribution < 1.29 is 14.3 Å². The number of pyridine rings is 1. The minimum atomic E-state index is -0.405. The molecule has 5 aromatic rings. The second-order valence-electron chi connectivity index (χ2n) is 8.96. The van der Waals surface area contributed by atoms with Crippen LogP contribution in [0, 0.1) is 13.8 Å². The molecule has 36 heavy (non-hydrogen) atoms. The van der Waals surface area contributed by atoms with Crippen LogP contribution in [0.15, 0.2) is 97.1 Å². The quantitative estimate of drug-likeness (QED) is 0.191. The van der Waals surface area contributed by atoms with E-state index >= 15 is 0 Å². The number of carbonyl (C=O) groups excluding carboxylic acids is 1. The Bertz CT molecular complexity index is 1520. The summed E-state index contributed by atoms with van der Waals surface area (Å²) in [6.45, 7) is 4.03. The zero-order valence-electron chi connectivity index (χ0n) is 20.6. The molecule has 0 aliphatic carbocycles. The maximum atomic E-state index is 13.4. The lowest BCUT2D eigenvalue weighted by Gasteiger charge is -2.13. The van der Waals surface area contributed by atoms with Crippen LogP contribution in [0.2, 0.25) is 0 Å². The summed E-state index contributed by atoms with van der Waals surface area (Å²) >= 11 is 0. The number of aryl methyl sites for hydroxylation is 2. The number of rotatable bonds is 6. The Morgan fingerprint density at radius 3 is 2.14 bits per heavy atom. The first-order valence-electron chi connectivity index (χ1n) is 11.9. The van der Waals surface area contributed by atoms with Gasteiger partial charge in [0.25, 0.3) is 0 Å². The number of esters is 1. The molecule has 4 nitrogen and oxygen atoms in total. The van der Waals surface area contributed by atoms with E-state index in [4.69, 9.17) is 14.5 Å². The van der Waals surface area contributed by atoms with Gasteiger partial charge >= 0.3 is 5.97 Å². The number of carbonyl (C=O) groups is 1. The van der Waals surface area contributed by atoms with E-state index in [1.54, 1.807) is 7.11 Å². The molecule has 0 fully saturated rings. The molecule has 1 aromatic heterocycles. The van der Waals surface area contributed by atoms with E-state index in [-0.39, 0.29) is 0 Å². The third-order valence-electron chi connectivity index (χ3n) is 6.24. The number of nitrogens with zero attached hydrogens (tertiary/aromatic N) is 1. The lowest BCUT2D eigenvalue weighted by atomic mass is 10.00. The van der Waals surface area contributed by atoms with Gasteiger partial charge in [-0.3, -0.25) is 0 Å². The summed E-state index contributed by atoms with van der Waals surface area (Å²) in [7, 11) is 1.64. The number of fused-ring (bicyclic) bond motifs is 1. The van der Waals surface area contributed by atoms with Gasteiger partial charge in [-0.25, -0.2) is 9.78 Å². The smallest absolute Gasteiger partial charge is 0.344 e. The zero-order valence-corrected chi connectivity index (χ0v) is 20.6. The number of benzene rings is 4. The maximum Gasteiger partial charge on any atom is 0.344 e. The molecule has 0 bridgehead atoms. The van der Waals surface area contributed by atoms with Gasteiger partial charge in [0.15, 0.2) is 0 Å². The minimum Gasteiger partial charge on any atom is -0.497 e. The van der Waals surface area contributed by atoms with E-state index in [0.29, 0.717) is 17.0 Å². The molecule has 0 N–H and O–H groups in total. The molecule has 0 saturated carbocycles. The third kappa shape index (κ3) is 4.98. The van der Waals surface area contributed by atoms with Crippen LogP contribution in [0.3, 0.4) is 0 Å². The Hall–Kier alpha value is -4.44. The standard InChI is InChI=1S/C32H27NO3/c1-21-17-22(2)31-28(18-21)29(20-30(33-31)25-11-15-26(35-3)16-12-25)32(34)36-27-13-9-24(10-14-27)19-23-7-5-4-6-8-23/h4-18,20H,19H2,1-3H3. The van der Waals surface area contributed by atoms with Crippen molar-refractivity contribution in [3.05, 3.63) is 125 Å². The van der Waals surface area contributed by atoms with Crippen LogP contribution in [-0.4, -0.2) is 18.1 Å². The lowest BCUT2D eigenvalue weighted by Crippen LogP contribution is -2.10. The highest BCUT2D eigenvalue weighted by Gasteiger charge is 2.18. The van der Waals surface area contributed by atoms with Crippen molar-refractivity contribution in [3.63, 3.8) is 0 Å². The normalized spacial score (nSPS) is 10.9. The van der Waals surface area contributed by atoms with Gasteiger partial charge < -0.3 is 9.47 Å². The Kier molecular flexibility index (Phi) is 6.50. The van der Waals surface area contributed by atoms with Gasteiger partial charge in [-0.2, -0.15) is 0 Å². The fourth-order valence-corrected chi connectivity index (χ4v) is 4.43. The summed E-state index contributed by atoms with van der Waals surface area (Å²) < 4.78 is 11.1. The van der Waals surface area contributed by atoms with Crippen molar-refractivity contribution in [1.29, 1.82) is 0 Å². The number of hydrogen-bond acceptors (Lipinski definition) is 4. The third-order valence-corrected chi connectivity index (χ3v) is 6.24. The molecule has 5 rings (SSSR count). The Morgan fingerprint density at radius 2 is 1.44 bits per heavy atom. The van der Waals surface area contributed by atoms with Gasteiger partial charge in [-0.15, -0.1) is 0 Å². The SMILES string of the molecule is COc1ccc(-c2cc(C(=O)Oc3ccc(Cc4ccccc4)cc3)c3cc(C)cc(C)c3n2)cc1. The Balaban J connectivity index is 1.47. The molecule has 178 valence electrons. The van der Waals surface area contributed by atoms with Crippen LogP contribution in [0.4, 0.5) is 0 Å². The molecule has 0 radical (unpaired) electrons. The fourth-order valence-electron chi connectivity index (χ4n) is 4.43. The fraction of sp³-hybridized carbons (Fsp3) is 0.125. The summed E-state index contributed by atoms with van der Waals surface area (Å²) in [5.74, 6) is 0.872. The summed E-state index contributed by atoms with van der Waals surface area (Å²) in [6, 6.07) is 31.5. The van der Waals surface area contributed by atoms with Crippen molar-refractivity contribution in [2.45, 2.75) is 20.3 Å². The van der Waals surface area contributed by atoms with Gasteiger partial charge in [0, 0.05) is 10.9 Å². The van der Waals surface area contributed by atoms with Gasteiger partial charge in [-0.05, 0) is 85.5 Å². The topological polar surface area (TPSA) is 48.4 Å². The van der Waals surface area contributed by atoms with Crippen LogP contribution in [-0.2, 0) is 6.42 Å². The van der Waals surface area contributed by atoms with E-state index < -0.39 is 5.97 Å². The number of methoxy groups -OCH3 is 1. The van der Waals surface area contributed by atoms with E-state index in [0.717, 1.165) is 45.3 Å². The largest absolute Gasteiger partial charge is 0.497 e. The summed E-state index contributed by atoms with van der Waals surface area (Å²) in [6.07, 6.45) is 0.827. The predicted octanol–water partition coefficient (Wildman–Crippen LogP) is 7.34. The van der Waals surface area contributed by atoms with E-state index in [2.05, 4.69) is 18.2 Å². The first-order valence-corrected chi connectivity index (χ1v) is 11.9. The molecule has 0 aliphatic heterocycles. The molecule has 0 aliphatic rings. The minimum absolute atomic E-state index is 0.405. The first kappa shape index (κ1) is 23.3. The van der Waals surface area contributed by atoms with E-state index in [1.807, 2.05) is 92.7 Å². The number of ether oxygens (including phenoxy) is 2. The lowest BCUT2D eigenvalue weighted by molar-refractivity contribution is 0.0736. The summed E-state index contributed by atoms with van der Waals surface area (Å²) in [4.78, 5) is 18.3. The molecule has 0 spiro atoms. The maximum absolute atomic E-state index is 13.4. The van der Waals surface area contributed by atoms with Gasteiger partial charge in [0.1, 0.15) is 11.5 Å². The van der Waals surface area contributed by atoms with Crippen LogP contribution < -0.4 is 9.47 Å². The molecule has 0 saturated heterocycles. The average molecular weight is 474 g/mol. The van der Waals surface area contributed by atoms with Crippen molar-refractivity contribution in [3.8, 4) is 22.8 Å². The highest BCUT2D eigenvalue weighted by atomic mass is 16.5. The monoisotopic (exact) mass is 473 g/mol. The van der Waals surface area contributed by atoms with Crippen molar-refractivity contribution in [2.24, 2.45) is 0 Å². The van der Waals surface area contributed by atoms with Crippen molar-refractivity contribution >= 4 is 16.9 Å². The first-order chi connectivity index (χ1) is 17.5. The van der Waals surface area contributed by atoms with Crippen LogP contribution in [0.5, 0.6) is 11.5 Å². The number of aromatic nitrogens is 1. The van der Waals surface area contributed by atoms with Crippen LogP contribution in [0.25, 0.3) is 22.2 Å². The highest BCUT2D eigenvalue weighted by Crippen LogP contribution is 2.30. The van der Waals surface area contributed by atoms with Crippen LogP contribution in [0.1, 0.15) is 32.6 Å². The van der Waals surface area contributed by atoms with Gasteiger partial charge in [0.05, 0.1) is 23.9 Å². The molecule has 0 unspecified atom stereocenters. The van der Waals surface area contributed by atoms with E-state index in [1.165, 1.54) is 5.56 Å². The highest BCUT2D eigenvalue weighted by molar-refractivity contribution is 6.06. The summed E-state index contributed by atoms with van der Waals surface area (Å²) in [5, 5.41) is 0.787. The van der Waals surface area contributed by atoms with E-state index in [9.17, 15) is 4.79 Å². The van der Waals surface area contributed by atoms with Gasteiger partial charge in [-0.1, -0.05) is 54.1 Å². The van der Waals surface area contributed by atoms with Crippen molar-refractivity contribution in [2.75, 3.05) is 7.11 Å². The molecule has 4 heteroatoms. The number of hydrogen-bond donors (Lipinski definition) is 0. The second-order valence-corrected chi connectivity index (χ2v) is 8.96. The predicted molar refractivity (Wildman–Crippen MR) is 144 cm³/mol. The molecule has 1 heterocycles. The molecule has 0 atom stereocenters. The second kappa shape index (κ2) is 10.0. The Labute approximate surface area is 211 Å². The molecule has 4 aromatic carbocycles. The molecular weight excluding hydrogens is 446 g/mol. The average Bonchev–Trinajstić information content (AvgIpc) is 2.90. The molecular formula is C32H27NO3. The van der Waals surface area contributed by atoms with Crippen molar-refractivity contribution in [1.82, 2.24) is 4.98 Å². The molecule has 0 amide bonds. The van der Waals surface area contributed by atoms with Crippen LogP contribution >= 0.6 is 0 Å². The summed E-state index contributed by atoms with van der Waals surface area (Å²) in [5.41, 5.74) is 7.37. The zero-order chi connectivity index (χ0) is 25.1. The Morgan fingerprint density at radius 1 is 0.778 bits per heavy atom.